The number of nitrogens with zero attached hydrogens (tertiary/aromatic N) is 2. The predicted molar refractivity (Wildman–Crippen MR) is 137 cm³/mol. The molecule has 1 amide bonds. The molecule has 34 heavy (non-hydrogen) atoms. The molecule has 0 radical (unpaired) electrons. The van der Waals surface area contributed by atoms with Gasteiger partial charge < -0.3 is 15.4 Å². The van der Waals surface area contributed by atoms with E-state index in [4.69, 9.17) is 4.74 Å². The van der Waals surface area contributed by atoms with Crippen molar-refractivity contribution in [1.82, 2.24) is 15.2 Å². The average Bonchev–Trinajstić information content (AvgIpc) is 3.62. The van der Waals surface area contributed by atoms with Gasteiger partial charge in [0.15, 0.2) is 0 Å². The molecular formula is C28H34N4O2. The van der Waals surface area contributed by atoms with Crippen LogP contribution in [0.15, 0.2) is 48.7 Å². The van der Waals surface area contributed by atoms with Gasteiger partial charge in [-0.05, 0) is 87.7 Å². The molecule has 1 atom stereocenters. The van der Waals surface area contributed by atoms with Gasteiger partial charge in [0.1, 0.15) is 12.4 Å². The fourth-order valence-electron chi connectivity index (χ4n) is 4.73. The SMILES string of the molecule is CCCNc1cc(C2(NC(=O)c3cc(OC[C@@H]4CCN4C)ccc3C)CC2)c2cccnc2c1. The summed E-state index contributed by atoms with van der Waals surface area (Å²) in [5, 5.41) is 7.97. The lowest BCUT2D eigenvalue weighted by Gasteiger charge is -2.37. The van der Waals surface area contributed by atoms with Gasteiger partial charge in [-0.15, -0.1) is 0 Å². The van der Waals surface area contributed by atoms with Crippen molar-refractivity contribution in [2.75, 3.05) is 32.1 Å². The number of ether oxygens (including phenoxy) is 1. The first-order valence-corrected chi connectivity index (χ1v) is 12.4. The molecule has 0 unspecified atom stereocenters. The number of pyridine rings is 1. The Bertz CT molecular complexity index is 1200. The van der Waals surface area contributed by atoms with Gasteiger partial charge in [-0.2, -0.15) is 0 Å². The summed E-state index contributed by atoms with van der Waals surface area (Å²) in [7, 11) is 2.12. The van der Waals surface area contributed by atoms with Gasteiger partial charge >= 0.3 is 0 Å². The molecule has 1 saturated carbocycles. The Hall–Kier alpha value is -3.12. The molecule has 2 heterocycles. The summed E-state index contributed by atoms with van der Waals surface area (Å²) in [5.41, 5.74) is 4.41. The zero-order valence-corrected chi connectivity index (χ0v) is 20.4. The Morgan fingerprint density at radius 1 is 1.24 bits per heavy atom. The van der Waals surface area contributed by atoms with Gasteiger partial charge in [0.05, 0.1) is 11.1 Å². The number of anilines is 1. The highest BCUT2D eigenvalue weighted by atomic mass is 16.5. The number of fused-ring (bicyclic) bond motifs is 1. The lowest BCUT2D eigenvalue weighted by atomic mass is 9.97. The average molecular weight is 459 g/mol. The van der Waals surface area contributed by atoms with Gasteiger partial charge in [-0.3, -0.25) is 14.7 Å². The van der Waals surface area contributed by atoms with Gasteiger partial charge in [0.2, 0.25) is 0 Å². The second kappa shape index (κ2) is 9.26. The molecular weight excluding hydrogens is 424 g/mol. The highest BCUT2D eigenvalue weighted by molar-refractivity contribution is 5.97. The predicted octanol–water partition coefficient (Wildman–Crippen LogP) is 4.87. The quantitative estimate of drug-likeness (QED) is 0.479. The van der Waals surface area contributed by atoms with Crippen LogP contribution in [0.2, 0.25) is 0 Å². The van der Waals surface area contributed by atoms with Crippen LogP contribution in [0.3, 0.4) is 0 Å². The van der Waals surface area contributed by atoms with Crippen LogP contribution in [0.1, 0.15) is 54.1 Å². The summed E-state index contributed by atoms with van der Waals surface area (Å²) in [6, 6.07) is 14.6. The molecule has 6 heteroatoms. The van der Waals surface area contributed by atoms with Crippen LogP contribution in [-0.2, 0) is 5.54 Å². The first-order chi connectivity index (χ1) is 16.5. The Balaban J connectivity index is 1.39. The van der Waals surface area contributed by atoms with Crippen molar-refractivity contribution in [2.45, 2.75) is 51.1 Å². The maximum atomic E-state index is 13.5. The zero-order chi connectivity index (χ0) is 23.7. The van der Waals surface area contributed by atoms with Crippen LogP contribution in [-0.4, -0.2) is 48.6 Å². The number of aryl methyl sites for hydroxylation is 1. The minimum atomic E-state index is -0.361. The fourth-order valence-corrected chi connectivity index (χ4v) is 4.73. The number of nitrogens with one attached hydrogen (secondary N) is 2. The molecule has 2 N–H and O–H groups in total. The molecule has 5 rings (SSSR count). The first kappa shape index (κ1) is 22.7. The van der Waals surface area contributed by atoms with Crippen LogP contribution in [0, 0.1) is 6.92 Å². The summed E-state index contributed by atoms with van der Waals surface area (Å²) in [5.74, 6) is 0.700. The van der Waals surface area contributed by atoms with Gasteiger partial charge in [-0.1, -0.05) is 19.1 Å². The second-order valence-corrected chi connectivity index (χ2v) is 9.77. The Morgan fingerprint density at radius 3 is 2.79 bits per heavy atom. The summed E-state index contributed by atoms with van der Waals surface area (Å²) in [6.45, 7) is 6.81. The number of hydrogen-bond donors (Lipinski definition) is 2. The number of amides is 1. The van der Waals surface area contributed by atoms with Crippen LogP contribution in [0.4, 0.5) is 5.69 Å². The standard InChI is InChI=1S/C28H34N4O2/c1-4-12-29-20-15-25(23-6-5-13-30-26(23)16-20)28(10-11-28)31-27(33)24-17-22(8-7-19(24)2)34-18-21-9-14-32(21)3/h5-8,13,15-17,21,29H,4,9-12,14,18H2,1-3H3,(H,31,33)/t21-/m0/s1. The Kier molecular flexibility index (Phi) is 6.17. The highest BCUT2D eigenvalue weighted by Crippen LogP contribution is 2.49. The normalized spacial score (nSPS) is 18.9. The number of aromatic nitrogens is 1. The number of carbonyl (C=O) groups is 1. The van der Waals surface area contributed by atoms with Gasteiger partial charge in [0.25, 0.3) is 5.91 Å². The number of benzene rings is 2. The molecule has 2 aliphatic rings. The summed E-state index contributed by atoms with van der Waals surface area (Å²) in [4.78, 5) is 20.4. The van der Waals surface area contributed by atoms with Crippen LogP contribution >= 0.6 is 0 Å². The smallest absolute Gasteiger partial charge is 0.252 e. The van der Waals surface area contributed by atoms with Crippen molar-refractivity contribution in [3.05, 3.63) is 65.4 Å². The van der Waals surface area contributed by atoms with E-state index >= 15 is 0 Å². The highest BCUT2D eigenvalue weighted by Gasteiger charge is 2.47. The van der Waals surface area contributed by atoms with E-state index in [1.54, 1.807) is 0 Å². The number of hydrogen-bond acceptors (Lipinski definition) is 5. The number of carbonyl (C=O) groups excluding carboxylic acids is 1. The lowest BCUT2D eigenvalue weighted by Crippen LogP contribution is -2.48. The van der Waals surface area contributed by atoms with Crippen molar-refractivity contribution in [3.63, 3.8) is 0 Å². The van der Waals surface area contributed by atoms with Crippen molar-refractivity contribution < 1.29 is 9.53 Å². The number of rotatable bonds is 9. The fraction of sp³-hybridized carbons (Fsp3) is 0.429. The van der Waals surface area contributed by atoms with Crippen LogP contribution < -0.4 is 15.4 Å². The molecule has 2 fully saturated rings. The van der Waals surface area contributed by atoms with Gasteiger partial charge in [0, 0.05) is 35.4 Å². The van der Waals surface area contributed by atoms with E-state index in [2.05, 4.69) is 52.7 Å². The van der Waals surface area contributed by atoms with Crippen molar-refractivity contribution in [2.24, 2.45) is 0 Å². The van der Waals surface area contributed by atoms with Crippen molar-refractivity contribution >= 4 is 22.5 Å². The van der Waals surface area contributed by atoms with E-state index in [0.717, 1.165) is 72.2 Å². The molecule has 3 aromatic rings. The molecule has 178 valence electrons. The minimum Gasteiger partial charge on any atom is -0.492 e. The molecule has 0 bridgehead atoms. The van der Waals surface area contributed by atoms with E-state index < -0.39 is 0 Å². The second-order valence-electron chi connectivity index (χ2n) is 9.77. The third kappa shape index (κ3) is 4.47. The van der Waals surface area contributed by atoms with E-state index in [1.807, 2.05) is 37.4 Å². The molecule has 1 aromatic heterocycles. The van der Waals surface area contributed by atoms with Crippen molar-refractivity contribution in [1.29, 1.82) is 0 Å². The summed E-state index contributed by atoms with van der Waals surface area (Å²) >= 11 is 0. The van der Waals surface area contributed by atoms with Crippen LogP contribution in [0.25, 0.3) is 10.9 Å². The summed E-state index contributed by atoms with van der Waals surface area (Å²) < 4.78 is 6.03. The maximum absolute atomic E-state index is 13.5. The molecule has 0 spiro atoms. The van der Waals surface area contributed by atoms with E-state index in [1.165, 1.54) is 0 Å². The monoisotopic (exact) mass is 458 g/mol. The van der Waals surface area contributed by atoms with E-state index in [-0.39, 0.29) is 11.4 Å². The van der Waals surface area contributed by atoms with Crippen molar-refractivity contribution in [3.8, 4) is 5.75 Å². The van der Waals surface area contributed by atoms with Crippen LogP contribution in [0.5, 0.6) is 5.75 Å². The molecule has 1 aliphatic heterocycles. The van der Waals surface area contributed by atoms with Gasteiger partial charge in [-0.25, -0.2) is 0 Å². The zero-order valence-electron chi connectivity index (χ0n) is 20.4. The Morgan fingerprint density at radius 2 is 2.09 bits per heavy atom. The Labute approximate surface area is 201 Å². The third-order valence-electron chi connectivity index (χ3n) is 7.25. The van der Waals surface area contributed by atoms with E-state index in [0.29, 0.717) is 18.2 Å². The first-order valence-electron chi connectivity index (χ1n) is 12.4. The van der Waals surface area contributed by atoms with E-state index in [9.17, 15) is 4.79 Å². The maximum Gasteiger partial charge on any atom is 0.252 e. The number of likely N-dealkylation sites (tertiary alicyclic amines) is 1. The minimum absolute atomic E-state index is 0.0508. The topological polar surface area (TPSA) is 66.5 Å². The lowest BCUT2D eigenvalue weighted by molar-refractivity contribution is 0.0767. The molecule has 2 aromatic carbocycles. The number of likely N-dealkylation sites (N-methyl/N-ethyl adjacent to an activating group) is 1. The molecule has 1 aliphatic carbocycles. The third-order valence-corrected chi connectivity index (χ3v) is 7.25. The summed E-state index contributed by atoms with van der Waals surface area (Å²) in [6.07, 6.45) is 5.87. The molecule has 6 nitrogen and oxygen atoms in total. The molecule has 1 saturated heterocycles. The largest absolute Gasteiger partial charge is 0.492 e.